The van der Waals surface area contributed by atoms with Gasteiger partial charge in [-0.15, -0.1) is 0 Å². The van der Waals surface area contributed by atoms with Crippen molar-refractivity contribution in [2.45, 2.75) is 47.0 Å². The van der Waals surface area contributed by atoms with Crippen LogP contribution in [-0.2, 0) is 6.42 Å². The van der Waals surface area contributed by atoms with Crippen molar-refractivity contribution in [3.63, 3.8) is 0 Å². The van der Waals surface area contributed by atoms with Gasteiger partial charge in [0, 0.05) is 35.7 Å². The van der Waals surface area contributed by atoms with Crippen molar-refractivity contribution in [1.29, 1.82) is 0 Å². The first-order valence-corrected chi connectivity index (χ1v) is 11.1. The van der Waals surface area contributed by atoms with Crippen LogP contribution in [-0.4, -0.2) is 32.0 Å². The normalized spacial score (nSPS) is 17.3. The number of anilines is 1. The summed E-state index contributed by atoms with van der Waals surface area (Å²) >= 11 is 0. The quantitative estimate of drug-likeness (QED) is 0.471. The molecule has 34 heavy (non-hydrogen) atoms. The van der Waals surface area contributed by atoms with Crippen molar-refractivity contribution in [1.82, 2.24) is 19.7 Å². The van der Waals surface area contributed by atoms with Gasteiger partial charge in [0.15, 0.2) is 0 Å². The summed E-state index contributed by atoms with van der Waals surface area (Å²) in [6.07, 6.45) is 6.79. The zero-order valence-electron chi connectivity index (χ0n) is 19.5. The molecule has 4 rings (SSSR count). The third kappa shape index (κ3) is 4.83. The maximum atomic E-state index is 13.2. The van der Waals surface area contributed by atoms with Gasteiger partial charge in [0.05, 0.1) is 6.20 Å². The number of hydrogen-bond donors (Lipinski definition) is 1. The summed E-state index contributed by atoms with van der Waals surface area (Å²) in [7, 11) is 0. The van der Waals surface area contributed by atoms with Crippen LogP contribution in [0.4, 0.5) is 14.5 Å². The number of carbonyl (C=O) groups is 1. The smallest absolute Gasteiger partial charge is 0.274 e. The number of rotatable bonds is 7. The Morgan fingerprint density at radius 3 is 2.79 bits per heavy atom. The lowest BCUT2D eigenvalue weighted by atomic mass is 9.79. The molecule has 0 aliphatic carbocycles. The van der Waals surface area contributed by atoms with Gasteiger partial charge in [-0.3, -0.25) is 9.36 Å². The van der Waals surface area contributed by atoms with E-state index in [4.69, 9.17) is 4.52 Å². The second-order valence-electron chi connectivity index (χ2n) is 8.97. The number of aromatic nitrogens is 4. The van der Waals surface area contributed by atoms with Crippen LogP contribution in [0, 0.1) is 18.3 Å². The molecule has 0 saturated heterocycles. The van der Waals surface area contributed by atoms with E-state index in [0.29, 0.717) is 28.7 Å². The minimum atomic E-state index is -2.43. The fraction of sp³-hybridized carbons (Fsp3) is 0.360. The van der Waals surface area contributed by atoms with E-state index in [0.717, 1.165) is 5.56 Å². The fourth-order valence-corrected chi connectivity index (χ4v) is 3.54. The molecular formula is C25H27F2N5O2. The molecule has 7 nitrogen and oxygen atoms in total. The molecule has 0 spiro atoms. The number of fused-ring (bicyclic) bond motifs is 1. The fourth-order valence-electron chi connectivity index (χ4n) is 3.54. The van der Waals surface area contributed by atoms with Gasteiger partial charge in [0.1, 0.15) is 11.5 Å². The van der Waals surface area contributed by atoms with E-state index in [-0.39, 0.29) is 35.9 Å². The third-order valence-corrected chi connectivity index (χ3v) is 6.26. The number of nitrogens with one attached hydrogen (secondary N) is 1. The Morgan fingerprint density at radius 2 is 2.06 bits per heavy atom. The number of allylic oxidation sites excluding steroid dienone is 2. The predicted octanol–water partition coefficient (Wildman–Crippen LogP) is 5.85. The van der Waals surface area contributed by atoms with Gasteiger partial charge in [0.2, 0.25) is 18.1 Å². The molecule has 0 bridgehead atoms. The largest absolute Gasteiger partial charge is 0.339 e. The van der Waals surface area contributed by atoms with Crippen LogP contribution in [0.15, 0.2) is 41.1 Å². The molecule has 0 saturated carbocycles. The van der Waals surface area contributed by atoms with E-state index in [1.165, 1.54) is 0 Å². The molecule has 1 N–H and O–H groups in total. The maximum Gasteiger partial charge on any atom is 0.274 e. The van der Waals surface area contributed by atoms with Crippen LogP contribution >= 0.6 is 0 Å². The number of imidazole rings is 1. The van der Waals surface area contributed by atoms with E-state index < -0.39 is 6.43 Å². The molecule has 3 aromatic rings. The zero-order chi connectivity index (χ0) is 24.5. The monoisotopic (exact) mass is 467 g/mol. The summed E-state index contributed by atoms with van der Waals surface area (Å²) in [6, 6.07) is 5.35. The Kier molecular flexibility index (Phi) is 6.45. The second-order valence-corrected chi connectivity index (χ2v) is 8.97. The van der Waals surface area contributed by atoms with E-state index in [1.54, 1.807) is 22.9 Å². The summed E-state index contributed by atoms with van der Waals surface area (Å²) in [6.45, 7) is 8.31. The lowest BCUT2D eigenvalue weighted by Crippen LogP contribution is -2.18. The van der Waals surface area contributed by atoms with Crippen LogP contribution in [0.2, 0.25) is 0 Å². The minimum Gasteiger partial charge on any atom is -0.339 e. The minimum absolute atomic E-state index is 0.00423. The van der Waals surface area contributed by atoms with Crippen LogP contribution < -0.4 is 5.32 Å². The van der Waals surface area contributed by atoms with Crippen LogP contribution in [0.1, 0.15) is 55.0 Å². The Labute approximate surface area is 196 Å². The van der Waals surface area contributed by atoms with E-state index in [9.17, 15) is 13.6 Å². The highest BCUT2D eigenvalue weighted by Gasteiger charge is 2.25. The van der Waals surface area contributed by atoms with Crippen LogP contribution in [0.5, 0.6) is 0 Å². The van der Waals surface area contributed by atoms with Crippen molar-refractivity contribution in [2.24, 2.45) is 11.3 Å². The summed E-state index contributed by atoms with van der Waals surface area (Å²) in [5.74, 6) is 1.18. The summed E-state index contributed by atoms with van der Waals surface area (Å²) in [5.41, 5.74) is 2.30. The highest BCUT2D eigenvalue weighted by atomic mass is 19.3. The summed E-state index contributed by atoms with van der Waals surface area (Å²) in [5, 5.41) is 6.83. The highest BCUT2D eigenvalue weighted by molar-refractivity contribution is 6.04. The molecule has 0 fully saturated rings. The van der Waals surface area contributed by atoms with Gasteiger partial charge >= 0.3 is 0 Å². The van der Waals surface area contributed by atoms with Crippen molar-refractivity contribution < 1.29 is 18.1 Å². The first kappa shape index (κ1) is 23.5. The predicted molar refractivity (Wildman–Crippen MR) is 126 cm³/mol. The molecule has 3 heterocycles. The van der Waals surface area contributed by atoms with E-state index in [2.05, 4.69) is 53.4 Å². The molecule has 9 heteroatoms. The average molecular weight is 468 g/mol. The molecule has 1 aliphatic heterocycles. The summed E-state index contributed by atoms with van der Waals surface area (Å²) in [4.78, 5) is 21.8. The SMILES string of the molecule is Cc1ccc(-c2noc(CCC(F)F)n2)cc1NC(=O)c1cnc2n1C=CC(C)(C(C)C)C=C2. The second kappa shape index (κ2) is 9.32. The van der Waals surface area contributed by atoms with Gasteiger partial charge in [-0.1, -0.05) is 50.2 Å². The number of amides is 1. The Morgan fingerprint density at radius 1 is 1.26 bits per heavy atom. The molecule has 1 amide bonds. The number of halogens is 2. The highest BCUT2D eigenvalue weighted by Crippen LogP contribution is 2.33. The van der Waals surface area contributed by atoms with Gasteiger partial charge in [-0.25, -0.2) is 13.8 Å². The number of nitrogens with zero attached hydrogens (tertiary/aromatic N) is 4. The molecule has 1 unspecified atom stereocenters. The number of carbonyl (C=O) groups excluding carboxylic acids is 1. The lowest BCUT2D eigenvalue weighted by molar-refractivity contribution is 0.102. The van der Waals surface area contributed by atoms with Gasteiger partial charge in [-0.2, -0.15) is 4.98 Å². The molecule has 178 valence electrons. The van der Waals surface area contributed by atoms with Gasteiger partial charge in [-0.05, 0) is 30.5 Å². The molecule has 2 aromatic heterocycles. The summed E-state index contributed by atoms with van der Waals surface area (Å²) < 4.78 is 31.7. The average Bonchev–Trinajstić information content (AvgIpc) is 3.39. The number of benzene rings is 1. The molecule has 1 atom stereocenters. The van der Waals surface area contributed by atoms with E-state index >= 15 is 0 Å². The third-order valence-electron chi connectivity index (χ3n) is 6.26. The Hall–Kier alpha value is -3.62. The van der Waals surface area contributed by atoms with Crippen LogP contribution in [0.25, 0.3) is 23.7 Å². The van der Waals surface area contributed by atoms with Gasteiger partial charge < -0.3 is 9.84 Å². The number of alkyl halides is 2. The van der Waals surface area contributed by atoms with Crippen LogP contribution in [0.3, 0.4) is 0 Å². The van der Waals surface area contributed by atoms with Crippen molar-refractivity contribution in [3.8, 4) is 11.4 Å². The van der Waals surface area contributed by atoms with E-state index in [1.807, 2.05) is 25.3 Å². The standard InChI is InChI=1S/C25H27F2N5O2/c1-15(2)25(4)10-9-21-28-14-19(32(21)12-11-25)24(33)29-18-13-17(6-5-16(18)3)23-30-22(34-31-23)8-7-20(26)27/h5-6,9-15,20H,7-8H2,1-4H3,(H,29,33). The first-order valence-electron chi connectivity index (χ1n) is 11.1. The van der Waals surface area contributed by atoms with Crippen molar-refractivity contribution in [3.05, 3.63) is 59.5 Å². The Balaban J connectivity index is 1.56. The number of hydrogen-bond acceptors (Lipinski definition) is 5. The molecule has 1 aromatic carbocycles. The molecular weight excluding hydrogens is 440 g/mol. The molecule has 1 aliphatic rings. The number of aryl methyl sites for hydroxylation is 2. The first-order chi connectivity index (χ1) is 16.2. The topological polar surface area (TPSA) is 85.8 Å². The maximum absolute atomic E-state index is 13.2. The lowest BCUT2D eigenvalue weighted by Gasteiger charge is -2.25. The Bertz CT molecular complexity index is 1260. The zero-order valence-corrected chi connectivity index (χ0v) is 19.5. The van der Waals surface area contributed by atoms with Crippen molar-refractivity contribution >= 4 is 23.9 Å². The van der Waals surface area contributed by atoms with Crippen molar-refractivity contribution in [2.75, 3.05) is 5.32 Å². The molecule has 0 radical (unpaired) electrons. The van der Waals surface area contributed by atoms with Gasteiger partial charge in [0.25, 0.3) is 5.91 Å².